The van der Waals surface area contributed by atoms with Gasteiger partial charge in [-0.15, -0.1) is 0 Å². The number of nitrogens with one attached hydrogen (secondary N) is 2. The van der Waals surface area contributed by atoms with E-state index in [-0.39, 0.29) is 5.56 Å². The van der Waals surface area contributed by atoms with Gasteiger partial charge in [0.2, 0.25) is 0 Å². The van der Waals surface area contributed by atoms with Gasteiger partial charge in [0.05, 0.1) is 34.7 Å². The minimum Gasteiger partial charge on any atom is -0.496 e. The molecule has 4 rings (SSSR count). The molecule has 0 saturated heterocycles. The summed E-state index contributed by atoms with van der Waals surface area (Å²) >= 11 is 6.49. The SMILES string of the molecule is C=C(NCCc1ccccc1)Nc1ccc(Oc2ccnc3cc(OC)c(C(N)=O)cc23)cc1Cl. The highest BCUT2D eigenvalue weighted by Gasteiger charge is 2.15. The maximum atomic E-state index is 11.8. The van der Waals surface area contributed by atoms with E-state index in [9.17, 15) is 4.79 Å². The fourth-order valence-corrected chi connectivity index (χ4v) is 3.81. The van der Waals surface area contributed by atoms with Crippen molar-refractivity contribution >= 4 is 34.1 Å². The van der Waals surface area contributed by atoms with Gasteiger partial charge >= 0.3 is 0 Å². The second kappa shape index (κ2) is 10.8. The Hall–Kier alpha value is -4.23. The number of rotatable bonds is 10. The Labute approximate surface area is 208 Å². The number of pyridine rings is 1. The molecule has 0 atom stereocenters. The number of primary amides is 1. The number of carbonyl (C=O) groups excluding carboxylic acids is 1. The number of halogens is 1. The van der Waals surface area contributed by atoms with Gasteiger partial charge in [-0.3, -0.25) is 9.78 Å². The topological polar surface area (TPSA) is 98.5 Å². The van der Waals surface area contributed by atoms with E-state index in [4.69, 9.17) is 26.8 Å². The summed E-state index contributed by atoms with van der Waals surface area (Å²) in [7, 11) is 1.47. The number of nitrogens with two attached hydrogens (primary N) is 1. The van der Waals surface area contributed by atoms with Crippen LogP contribution in [0.25, 0.3) is 10.9 Å². The summed E-state index contributed by atoms with van der Waals surface area (Å²) in [6.45, 7) is 4.75. The van der Waals surface area contributed by atoms with Crippen LogP contribution in [0.5, 0.6) is 17.2 Å². The van der Waals surface area contributed by atoms with E-state index in [0.29, 0.717) is 44.7 Å². The smallest absolute Gasteiger partial charge is 0.252 e. The van der Waals surface area contributed by atoms with Gasteiger partial charge in [0.1, 0.15) is 17.2 Å². The standard InChI is InChI=1S/C27H25ClN4O3/c1-17(30-12-10-18-6-4-3-5-7-18)32-23-9-8-19(14-22(23)28)35-25-11-13-31-24-16-26(34-2)21(27(29)33)15-20(24)25/h3-9,11,13-16,30,32H,1,10,12H2,2H3,(H2,29,33). The highest BCUT2D eigenvalue weighted by atomic mass is 35.5. The number of anilines is 1. The zero-order chi connectivity index (χ0) is 24.8. The number of hydrogen-bond donors (Lipinski definition) is 3. The highest BCUT2D eigenvalue weighted by Crippen LogP contribution is 2.35. The summed E-state index contributed by atoms with van der Waals surface area (Å²) in [5.41, 5.74) is 8.29. The van der Waals surface area contributed by atoms with Crippen LogP contribution >= 0.6 is 11.6 Å². The van der Waals surface area contributed by atoms with E-state index in [1.54, 1.807) is 36.5 Å². The molecule has 1 aromatic heterocycles. The van der Waals surface area contributed by atoms with Crippen LogP contribution in [0, 0.1) is 0 Å². The zero-order valence-corrected chi connectivity index (χ0v) is 19.9. The Balaban J connectivity index is 1.45. The molecule has 178 valence electrons. The van der Waals surface area contributed by atoms with E-state index >= 15 is 0 Å². The summed E-state index contributed by atoms with van der Waals surface area (Å²) in [4.78, 5) is 16.2. The van der Waals surface area contributed by atoms with Crippen molar-refractivity contribution < 1.29 is 14.3 Å². The van der Waals surface area contributed by atoms with Gasteiger partial charge in [-0.1, -0.05) is 48.5 Å². The van der Waals surface area contributed by atoms with E-state index in [1.807, 2.05) is 24.3 Å². The fourth-order valence-electron chi connectivity index (χ4n) is 3.60. The molecule has 0 unspecified atom stereocenters. The molecule has 1 heterocycles. The Kier molecular flexibility index (Phi) is 7.38. The van der Waals surface area contributed by atoms with Crippen LogP contribution in [0.3, 0.4) is 0 Å². The van der Waals surface area contributed by atoms with Gasteiger partial charge in [-0.05, 0) is 36.2 Å². The van der Waals surface area contributed by atoms with Crippen LogP contribution in [0.2, 0.25) is 5.02 Å². The molecule has 0 aliphatic rings. The second-order valence-electron chi connectivity index (χ2n) is 7.75. The lowest BCUT2D eigenvalue weighted by Crippen LogP contribution is -2.21. The second-order valence-corrected chi connectivity index (χ2v) is 8.16. The first kappa shape index (κ1) is 23.9. The van der Waals surface area contributed by atoms with Crippen molar-refractivity contribution in [1.82, 2.24) is 10.3 Å². The maximum Gasteiger partial charge on any atom is 0.252 e. The third-order valence-corrected chi connectivity index (χ3v) is 5.65. The number of ether oxygens (including phenoxy) is 2. The highest BCUT2D eigenvalue weighted by molar-refractivity contribution is 6.33. The number of fused-ring (bicyclic) bond motifs is 1. The molecule has 0 aliphatic heterocycles. The summed E-state index contributed by atoms with van der Waals surface area (Å²) in [5, 5.41) is 7.52. The summed E-state index contributed by atoms with van der Waals surface area (Å²) < 4.78 is 11.3. The quantitative estimate of drug-likeness (QED) is 0.272. The monoisotopic (exact) mass is 488 g/mol. The van der Waals surface area contributed by atoms with E-state index in [2.05, 4.69) is 34.3 Å². The van der Waals surface area contributed by atoms with Crippen LogP contribution in [0.4, 0.5) is 5.69 Å². The van der Waals surface area contributed by atoms with Crippen molar-refractivity contribution in [3.05, 3.63) is 101 Å². The Morgan fingerprint density at radius 3 is 2.60 bits per heavy atom. The van der Waals surface area contributed by atoms with Crippen molar-refractivity contribution in [1.29, 1.82) is 0 Å². The molecule has 7 nitrogen and oxygen atoms in total. The van der Waals surface area contributed by atoms with Crippen molar-refractivity contribution in [3.63, 3.8) is 0 Å². The first-order chi connectivity index (χ1) is 16.9. The molecule has 0 radical (unpaired) electrons. The molecule has 4 aromatic rings. The maximum absolute atomic E-state index is 11.8. The minimum atomic E-state index is -0.602. The number of hydrogen-bond acceptors (Lipinski definition) is 6. The van der Waals surface area contributed by atoms with Crippen LogP contribution in [0.1, 0.15) is 15.9 Å². The zero-order valence-electron chi connectivity index (χ0n) is 19.2. The third kappa shape index (κ3) is 5.83. The fraction of sp³-hybridized carbons (Fsp3) is 0.111. The molecule has 0 saturated carbocycles. The molecule has 0 aliphatic carbocycles. The van der Waals surface area contributed by atoms with E-state index in [1.165, 1.54) is 12.7 Å². The van der Waals surface area contributed by atoms with Crippen molar-refractivity contribution in [2.24, 2.45) is 5.73 Å². The van der Waals surface area contributed by atoms with Crippen LogP contribution in [-0.4, -0.2) is 24.5 Å². The lowest BCUT2D eigenvalue weighted by molar-refractivity contribution is 0.0997. The van der Waals surface area contributed by atoms with Crippen molar-refractivity contribution in [2.75, 3.05) is 19.0 Å². The summed E-state index contributed by atoms with van der Waals surface area (Å²) in [6, 6.07) is 20.5. The molecule has 4 N–H and O–H groups in total. The molecular formula is C27H25ClN4O3. The van der Waals surface area contributed by atoms with Gasteiger partial charge in [0, 0.05) is 30.3 Å². The van der Waals surface area contributed by atoms with E-state index < -0.39 is 5.91 Å². The minimum absolute atomic E-state index is 0.244. The molecule has 1 amide bonds. The molecule has 8 heteroatoms. The first-order valence-corrected chi connectivity index (χ1v) is 11.3. The van der Waals surface area contributed by atoms with E-state index in [0.717, 1.165) is 13.0 Å². The van der Waals surface area contributed by atoms with Crippen LogP contribution in [0.15, 0.2) is 85.3 Å². The number of amides is 1. The summed E-state index contributed by atoms with van der Waals surface area (Å²) in [6.07, 6.45) is 2.50. The molecule has 0 bridgehead atoms. The lowest BCUT2D eigenvalue weighted by Gasteiger charge is -2.15. The molecule has 3 aromatic carbocycles. The third-order valence-electron chi connectivity index (χ3n) is 5.34. The molecule has 0 fully saturated rings. The number of nitrogens with zero attached hydrogens (tertiary/aromatic N) is 1. The van der Waals surface area contributed by atoms with Crippen molar-refractivity contribution in [2.45, 2.75) is 6.42 Å². The summed E-state index contributed by atoms with van der Waals surface area (Å²) in [5.74, 6) is 1.42. The Bertz CT molecular complexity index is 1380. The Morgan fingerprint density at radius 1 is 1.09 bits per heavy atom. The van der Waals surface area contributed by atoms with Gasteiger partial charge in [-0.2, -0.15) is 0 Å². The van der Waals surface area contributed by atoms with Gasteiger partial charge in [0.15, 0.2) is 0 Å². The lowest BCUT2D eigenvalue weighted by atomic mass is 10.1. The normalized spacial score (nSPS) is 10.6. The largest absolute Gasteiger partial charge is 0.496 e. The molecular weight excluding hydrogens is 464 g/mol. The van der Waals surface area contributed by atoms with Gasteiger partial charge in [0.25, 0.3) is 5.91 Å². The van der Waals surface area contributed by atoms with Crippen LogP contribution < -0.4 is 25.8 Å². The predicted molar refractivity (Wildman–Crippen MR) is 139 cm³/mol. The van der Waals surface area contributed by atoms with Crippen LogP contribution in [-0.2, 0) is 6.42 Å². The Morgan fingerprint density at radius 2 is 1.89 bits per heavy atom. The first-order valence-electron chi connectivity index (χ1n) is 10.9. The average Bonchev–Trinajstić information content (AvgIpc) is 2.85. The van der Waals surface area contributed by atoms with Crippen molar-refractivity contribution in [3.8, 4) is 17.2 Å². The van der Waals surface area contributed by atoms with Gasteiger partial charge < -0.3 is 25.8 Å². The van der Waals surface area contributed by atoms with Gasteiger partial charge in [-0.25, -0.2) is 0 Å². The number of aromatic nitrogens is 1. The number of methoxy groups -OCH3 is 1. The number of carbonyl (C=O) groups is 1. The average molecular weight is 489 g/mol. The molecule has 35 heavy (non-hydrogen) atoms. The predicted octanol–water partition coefficient (Wildman–Crippen LogP) is 5.50. The number of benzene rings is 3. The molecule has 0 spiro atoms.